The van der Waals surface area contributed by atoms with Gasteiger partial charge in [-0.25, -0.2) is 4.98 Å². The second-order valence-corrected chi connectivity index (χ2v) is 7.77. The minimum Gasteiger partial charge on any atom is -0.497 e. The van der Waals surface area contributed by atoms with Gasteiger partial charge < -0.3 is 9.26 Å². The molecule has 30 heavy (non-hydrogen) atoms. The predicted octanol–water partition coefficient (Wildman–Crippen LogP) is 4.16. The quantitative estimate of drug-likeness (QED) is 0.352. The molecule has 0 saturated carbocycles. The number of nitrogens with one attached hydrogen (secondary N) is 1. The zero-order valence-electron chi connectivity index (χ0n) is 17.1. The minimum atomic E-state index is 0.00960. The van der Waals surface area contributed by atoms with Crippen molar-refractivity contribution in [3.63, 3.8) is 0 Å². The van der Waals surface area contributed by atoms with Gasteiger partial charge in [0.2, 0.25) is 5.16 Å². The van der Waals surface area contributed by atoms with E-state index in [4.69, 9.17) is 9.26 Å². The van der Waals surface area contributed by atoms with E-state index in [1.54, 1.807) is 7.11 Å². The lowest BCUT2D eigenvalue weighted by Crippen LogP contribution is -2.06. The lowest BCUT2D eigenvalue weighted by Gasteiger charge is -2.04. The highest BCUT2D eigenvalue weighted by Gasteiger charge is 2.19. The molecule has 0 amide bonds. The Kier molecular flexibility index (Phi) is 5.45. The number of ketones is 1. The smallest absolute Gasteiger partial charge is 0.209 e. The first kappa shape index (κ1) is 20.0. The van der Waals surface area contributed by atoms with E-state index in [1.807, 2.05) is 61.7 Å². The maximum Gasteiger partial charge on any atom is 0.209 e. The first-order valence-electron chi connectivity index (χ1n) is 9.31. The Morgan fingerprint density at radius 2 is 1.97 bits per heavy atom. The van der Waals surface area contributed by atoms with E-state index in [0.29, 0.717) is 22.4 Å². The monoisotopic (exact) mass is 423 g/mol. The molecule has 0 aliphatic heterocycles. The topological polar surface area (TPSA) is 98.8 Å². The molecular formula is C21H21N5O3S. The number of hydrogen-bond donors (Lipinski definition) is 1. The Morgan fingerprint density at radius 3 is 2.63 bits per heavy atom. The summed E-state index contributed by atoms with van der Waals surface area (Å²) in [5, 5.41) is 11.7. The summed E-state index contributed by atoms with van der Waals surface area (Å²) < 4.78 is 12.3. The molecule has 0 bridgehead atoms. The van der Waals surface area contributed by atoms with Crippen molar-refractivity contribution in [3.05, 3.63) is 59.1 Å². The first-order chi connectivity index (χ1) is 14.5. The molecule has 8 nitrogen and oxygen atoms in total. The zero-order chi connectivity index (χ0) is 21.3. The number of carbonyl (C=O) groups excluding carboxylic acids is 1. The van der Waals surface area contributed by atoms with Crippen LogP contribution >= 0.6 is 11.8 Å². The molecule has 0 radical (unpaired) electrons. The van der Waals surface area contributed by atoms with Gasteiger partial charge >= 0.3 is 0 Å². The fourth-order valence-corrected chi connectivity index (χ4v) is 3.93. The number of carbonyl (C=O) groups is 1. The molecule has 4 aromatic rings. The summed E-state index contributed by atoms with van der Waals surface area (Å²) in [6.45, 7) is 5.69. The summed E-state index contributed by atoms with van der Waals surface area (Å²) in [5.41, 5.74) is 3.31. The Hall–Kier alpha value is -3.33. The number of aromatic amines is 1. The summed E-state index contributed by atoms with van der Waals surface area (Å²) in [4.78, 5) is 17.3. The summed E-state index contributed by atoms with van der Waals surface area (Å²) >= 11 is 1.30. The van der Waals surface area contributed by atoms with Gasteiger partial charge in [0.15, 0.2) is 17.4 Å². The molecule has 0 aliphatic rings. The number of hydrogen-bond acceptors (Lipinski definition) is 7. The summed E-state index contributed by atoms with van der Waals surface area (Å²) in [6.07, 6.45) is 0. The second kappa shape index (κ2) is 8.19. The van der Waals surface area contributed by atoms with Gasteiger partial charge in [-0.05, 0) is 51.1 Å². The molecule has 4 rings (SSSR count). The molecule has 3 heterocycles. The van der Waals surface area contributed by atoms with Crippen molar-refractivity contribution < 1.29 is 14.1 Å². The number of aryl methyl sites for hydroxylation is 2. The lowest BCUT2D eigenvalue weighted by atomic mass is 10.2. The molecule has 0 unspecified atom stereocenters. The Bertz CT molecular complexity index is 1190. The van der Waals surface area contributed by atoms with Gasteiger partial charge in [0, 0.05) is 28.6 Å². The van der Waals surface area contributed by atoms with Gasteiger partial charge in [0.05, 0.1) is 12.9 Å². The van der Waals surface area contributed by atoms with Crippen molar-refractivity contribution in [2.75, 3.05) is 12.9 Å². The van der Waals surface area contributed by atoms with Crippen LogP contribution in [0.3, 0.4) is 0 Å². The Morgan fingerprint density at radius 1 is 1.20 bits per heavy atom. The molecule has 1 N–H and O–H groups in total. The number of nitrogens with zero attached hydrogens (tertiary/aromatic N) is 4. The van der Waals surface area contributed by atoms with Crippen LogP contribution in [0.1, 0.15) is 27.5 Å². The number of benzene rings is 1. The van der Waals surface area contributed by atoms with E-state index in [-0.39, 0.29) is 11.5 Å². The molecule has 9 heteroatoms. The fourth-order valence-electron chi connectivity index (χ4n) is 3.25. The van der Waals surface area contributed by atoms with Crippen LogP contribution in [0.2, 0.25) is 0 Å². The summed E-state index contributed by atoms with van der Waals surface area (Å²) in [6, 6.07) is 11.2. The maximum absolute atomic E-state index is 12.8. The van der Waals surface area contributed by atoms with E-state index in [9.17, 15) is 4.79 Å². The van der Waals surface area contributed by atoms with Gasteiger partial charge in [0.25, 0.3) is 0 Å². The van der Waals surface area contributed by atoms with Crippen LogP contribution in [-0.2, 0) is 0 Å². The molecule has 0 aliphatic carbocycles. The van der Waals surface area contributed by atoms with Gasteiger partial charge in [0.1, 0.15) is 11.5 Å². The largest absolute Gasteiger partial charge is 0.497 e. The summed E-state index contributed by atoms with van der Waals surface area (Å²) in [5.74, 6) is 3.06. The van der Waals surface area contributed by atoms with Crippen LogP contribution in [0.15, 0.2) is 46.1 Å². The zero-order valence-corrected chi connectivity index (χ0v) is 17.9. The highest BCUT2D eigenvalue weighted by Crippen LogP contribution is 2.25. The average Bonchev–Trinajstić information content (AvgIpc) is 3.45. The van der Waals surface area contributed by atoms with Crippen molar-refractivity contribution >= 4 is 17.5 Å². The minimum absolute atomic E-state index is 0.00960. The van der Waals surface area contributed by atoms with Crippen molar-refractivity contribution in [2.24, 2.45) is 0 Å². The van der Waals surface area contributed by atoms with E-state index in [0.717, 1.165) is 28.5 Å². The van der Waals surface area contributed by atoms with E-state index in [2.05, 4.69) is 20.3 Å². The molecule has 0 spiro atoms. The number of aromatic nitrogens is 5. The van der Waals surface area contributed by atoms with Crippen molar-refractivity contribution in [2.45, 2.75) is 25.9 Å². The van der Waals surface area contributed by atoms with Crippen LogP contribution in [0.25, 0.3) is 17.2 Å². The number of ether oxygens (including phenoxy) is 1. The van der Waals surface area contributed by atoms with E-state index in [1.165, 1.54) is 11.8 Å². The number of Topliss-reactive ketones (excluding diaryl/α,β-unsaturated/α-hetero) is 1. The van der Waals surface area contributed by atoms with E-state index < -0.39 is 0 Å². The standard InChI is InChI=1S/C21H21N5O3S/c1-12-9-17(14(3)26(12)19-10-13(2)29-25-19)18(27)11-30-21-22-20(23-24-21)15-5-7-16(28-4)8-6-15/h5-10H,11H2,1-4H3,(H,22,23,24). The number of rotatable bonds is 7. The molecule has 154 valence electrons. The molecule has 1 aromatic carbocycles. The normalized spacial score (nSPS) is 11.1. The van der Waals surface area contributed by atoms with Gasteiger partial charge in [-0.2, -0.15) is 0 Å². The van der Waals surface area contributed by atoms with Crippen LogP contribution in [0, 0.1) is 20.8 Å². The number of H-pyrrole nitrogens is 1. The average molecular weight is 423 g/mol. The van der Waals surface area contributed by atoms with Crippen LogP contribution in [0.5, 0.6) is 5.75 Å². The lowest BCUT2D eigenvalue weighted by molar-refractivity contribution is 0.102. The highest BCUT2D eigenvalue weighted by atomic mass is 32.2. The third-order valence-corrected chi connectivity index (χ3v) is 5.58. The molecule has 0 atom stereocenters. The number of thioether (sulfide) groups is 1. The predicted molar refractivity (Wildman–Crippen MR) is 113 cm³/mol. The molecule has 0 fully saturated rings. The molecule has 3 aromatic heterocycles. The fraction of sp³-hybridized carbons (Fsp3) is 0.238. The third-order valence-electron chi connectivity index (χ3n) is 4.74. The van der Waals surface area contributed by atoms with Crippen molar-refractivity contribution in [3.8, 4) is 23.0 Å². The Labute approximate surface area is 177 Å². The van der Waals surface area contributed by atoms with Crippen LogP contribution in [0.4, 0.5) is 0 Å². The van der Waals surface area contributed by atoms with Gasteiger partial charge in [-0.3, -0.25) is 14.5 Å². The van der Waals surface area contributed by atoms with Crippen molar-refractivity contribution in [1.82, 2.24) is 24.9 Å². The molecule has 0 saturated heterocycles. The third kappa shape index (κ3) is 3.88. The van der Waals surface area contributed by atoms with Crippen LogP contribution in [-0.4, -0.2) is 43.6 Å². The van der Waals surface area contributed by atoms with E-state index >= 15 is 0 Å². The SMILES string of the molecule is COc1ccc(-c2nc(SCC(=O)c3cc(C)n(-c4cc(C)on4)c3C)n[nH]2)cc1. The first-order valence-corrected chi connectivity index (χ1v) is 10.3. The Balaban J connectivity index is 1.46. The summed E-state index contributed by atoms with van der Waals surface area (Å²) in [7, 11) is 1.62. The second-order valence-electron chi connectivity index (χ2n) is 6.82. The maximum atomic E-state index is 12.8. The molecular weight excluding hydrogens is 402 g/mol. The highest BCUT2D eigenvalue weighted by molar-refractivity contribution is 7.99. The number of methoxy groups -OCH3 is 1. The van der Waals surface area contributed by atoms with Gasteiger partial charge in [-0.1, -0.05) is 16.9 Å². The van der Waals surface area contributed by atoms with Crippen LogP contribution < -0.4 is 4.74 Å². The van der Waals surface area contributed by atoms with Gasteiger partial charge in [-0.15, -0.1) is 5.10 Å². The van der Waals surface area contributed by atoms with Crippen molar-refractivity contribution in [1.29, 1.82) is 0 Å².